The molecule has 2 unspecified atom stereocenters. The molecule has 4 heteroatoms. The summed E-state index contributed by atoms with van der Waals surface area (Å²) in [5.74, 6) is -0.436. The Morgan fingerprint density at radius 1 is 1.57 bits per heavy atom. The summed E-state index contributed by atoms with van der Waals surface area (Å²) in [7, 11) is 0. The molecule has 0 aromatic heterocycles. The van der Waals surface area contributed by atoms with Gasteiger partial charge in [-0.05, 0) is 24.6 Å². The standard InChI is InChI=1S/C10H13ClFNO/c1-2-9(14)10(13)7-5-6(11)3-4-8(7)12/h3-5,9-10,14H,2,13H2,1H3. The Morgan fingerprint density at radius 3 is 2.79 bits per heavy atom. The van der Waals surface area contributed by atoms with Crippen LogP contribution in [-0.2, 0) is 0 Å². The van der Waals surface area contributed by atoms with Gasteiger partial charge in [-0.2, -0.15) is 0 Å². The van der Waals surface area contributed by atoms with Gasteiger partial charge in [0.15, 0.2) is 0 Å². The molecule has 0 bridgehead atoms. The van der Waals surface area contributed by atoms with E-state index in [1.807, 2.05) is 0 Å². The number of aliphatic hydroxyl groups is 1. The largest absolute Gasteiger partial charge is 0.391 e. The predicted octanol–water partition coefficient (Wildman–Crippen LogP) is 2.25. The Morgan fingerprint density at radius 2 is 2.21 bits per heavy atom. The lowest BCUT2D eigenvalue weighted by Gasteiger charge is -2.18. The molecule has 2 nitrogen and oxygen atoms in total. The summed E-state index contributed by atoms with van der Waals surface area (Å²) in [6.07, 6.45) is -0.268. The third-order valence-corrected chi connectivity index (χ3v) is 2.39. The van der Waals surface area contributed by atoms with Crippen molar-refractivity contribution in [3.8, 4) is 0 Å². The van der Waals surface area contributed by atoms with Crippen LogP contribution in [0, 0.1) is 5.82 Å². The molecule has 0 aliphatic carbocycles. The zero-order valence-electron chi connectivity index (χ0n) is 7.87. The van der Waals surface area contributed by atoms with E-state index in [1.54, 1.807) is 6.92 Å². The molecule has 0 heterocycles. The van der Waals surface area contributed by atoms with Crippen LogP contribution in [0.1, 0.15) is 24.9 Å². The van der Waals surface area contributed by atoms with Gasteiger partial charge in [0.25, 0.3) is 0 Å². The second-order valence-electron chi connectivity index (χ2n) is 3.17. The van der Waals surface area contributed by atoms with Crippen molar-refractivity contribution in [3.63, 3.8) is 0 Å². The number of hydrogen-bond donors (Lipinski definition) is 2. The van der Waals surface area contributed by atoms with E-state index >= 15 is 0 Å². The maximum absolute atomic E-state index is 13.3. The highest BCUT2D eigenvalue weighted by atomic mass is 35.5. The Labute approximate surface area is 87.5 Å². The summed E-state index contributed by atoms with van der Waals surface area (Å²) >= 11 is 5.70. The molecule has 0 amide bonds. The average Bonchev–Trinajstić information content (AvgIpc) is 2.19. The summed E-state index contributed by atoms with van der Waals surface area (Å²) < 4.78 is 13.3. The van der Waals surface area contributed by atoms with Gasteiger partial charge in [0.05, 0.1) is 12.1 Å². The first kappa shape index (κ1) is 11.4. The zero-order valence-corrected chi connectivity index (χ0v) is 8.63. The number of nitrogens with two attached hydrogens (primary N) is 1. The molecule has 0 saturated carbocycles. The van der Waals surface area contributed by atoms with Gasteiger partial charge >= 0.3 is 0 Å². The summed E-state index contributed by atoms with van der Waals surface area (Å²) in [6.45, 7) is 1.78. The molecular weight excluding hydrogens is 205 g/mol. The highest BCUT2D eigenvalue weighted by Crippen LogP contribution is 2.23. The number of rotatable bonds is 3. The summed E-state index contributed by atoms with van der Waals surface area (Å²) in [6, 6.07) is 3.42. The van der Waals surface area contributed by atoms with Gasteiger partial charge in [0.2, 0.25) is 0 Å². The molecule has 0 aliphatic rings. The van der Waals surface area contributed by atoms with Crippen molar-refractivity contribution < 1.29 is 9.50 Å². The van der Waals surface area contributed by atoms with Gasteiger partial charge in [-0.25, -0.2) is 4.39 Å². The molecule has 14 heavy (non-hydrogen) atoms. The van der Waals surface area contributed by atoms with E-state index in [2.05, 4.69) is 0 Å². The maximum Gasteiger partial charge on any atom is 0.128 e. The van der Waals surface area contributed by atoms with Crippen molar-refractivity contribution in [1.82, 2.24) is 0 Å². The minimum absolute atomic E-state index is 0.256. The second-order valence-corrected chi connectivity index (χ2v) is 3.60. The van der Waals surface area contributed by atoms with Crippen molar-refractivity contribution in [2.75, 3.05) is 0 Å². The maximum atomic E-state index is 13.3. The van der Waals surface area contributed by atoms with Crippen LogP contribution >= 0.6 is 11.6 Å². The molecular formula is C10H13ClFNO. The molecule has 1 rings (SSSR count). The predicted molar refractivity (Wildman–Crippen MR) is 54.6 cm³/mol. The fraction of sp³-hybridized carbons (Fsp3) is 0.400. The minimum atomic E-state index is -0.747. The van der Waals surface area contributed by atoms with Crippen molar-refractivity contribution in [3.05, 3.63) is 34.6 Å². The molecule has 1 aromatic carbocycles. The normalized spacial score (nSPS) is 15.2. The highest BCUT2D eigenvalue weighted by Gasteiger charge is 2.18. The summed E-state index contributed by atoms with van der Waals surface area (Å²) in [5.41, 5.74) is 5.93. The van der Waals surface area contributed by atoms with Crippen molar-refractivity contribution >= 4 is 11.6 Å². The van der Waals surface area contributed by atoms with E-state index in [9.17, 15) is 9.50 Å². The van der Waals surface area contributed by atoms with E-state index in [0.29, 0.717) is 11.4 Å². The van der Waals surface area contributed by atoms with Crippen LogP contribution in [0.4, 0.5) is 4.39 Å². The first-order valence-corrected chi connectivity index (χ1v) is 4.82. The summed E-state index contributed by atoms with van der Waals surface area (Å²) in [5, 5.41) is 9.88. The van der Waals surface area contributed by atoms with Crippen molar-refractivity contribution in [2.45, 2.75) is 25.5 Å². The van der Waals surface area contributed by atoms with Crippen LogP contribution in [0.5, 0.6) is 0 Å². The lowest BCUT2D eigenvalue weighted by atomic mass is 10.0. The Kier molecular flexibility index (Phi) is 3.86. The molecule has 3 N–H and O–H groups in total. The molecule has 78 valence electrons. The summed E-state index contributed by atoms with van der Waals surface area (Å²) in [4.78, 5) is 0. The third kappa shape index (κ3) is 2.44. The Balaban J connectivity index is 2.99. The number of benzene rings is 1. The van der Waals surface area contributed by atoms with Gasteiger partial charge in [0, 0.05) is 10.6 Å². The molecule has 0 spiro atoms. The van der Waals surface area contributed by atoms with Gasteiger partial charge in [-0.15, -0.1) is 0 Å². The smallest absolute Gasteiger partial charge is 0.128 e. The fourth-order valence-corrected chi connectivity index (χ4v) is 1.41. The quantitative estimate of drug-likeness (QED) is 0.816. The van der Waals surface area contributed by atoms with Crippen molar-refractivity contribution in [1.29, 1.82) is 0 Å². The van der Waals surface area contributed by atoms with E-state index < -0.39 is 18.0 Å². The number of hydrogen-bond acceptors (Lipinski definition) is 2. The van der Waals surface area contributed by atoms with E-state index in [-0.39, 0.29) is 5.56 Å². The van der Waals surface area contributed by atoms with Gasteiger partial charge in [0.1, 0.15) is 5.82 Å². The Hall–Kier alpha value is -0.640. The third-order valence-electron chi connectivity index (χ3n) is 2.15. The molecule has 0 fully saturated rings. The van der Waals surface area contributed by atoms with E-state index in [0.717, 1.165) is 0 Å². The van der Waals surface area contributed by atoms with Crippen LogP contribution in [-0.4, -0.2) is 11.2 Å². The lowest BCUT2D eigenvalue weighted by Crippen LogP contribution is -2.26. The highest BCUT2D eigenvalue weighted by molar-refractivity contribution is 6.30. The topological polar surface area (TPSA) is 46.2 Å². The zero-order chi connectivity index (χ0) is 10.7. The van der Waals surface area contributed by atoms with Crippen molar-refractivity contribution in [2.24, 2.45) is 5.73 Å². The van der Waals surface area contributed by atoms with Crippen LogP contribution in [0.15, 0.2) is 18.2 Å². The van der Waals surface area contributed by atoms with Crippen LogP contribution in [0.25, 0.3) is 0 Å². The monoisotopic (exact) mass is 217 g/mol. The first-order valence-electron chi connectivity index (χ1n) is 4.44. The molecule has 2 atom stereocenters. The number of halogens is 2. The van der Waals surface area contributed by atoms with E-state index in [1.165, 1.54) is 18.2 Å². The molecule has 0 radical (unpaired) electrons. The average molecular weight is 218 g/mol. The van der Waals surface area contributed by atoms with Gasteiger partial charge in [-0.3, -0.25) is 0 Å². The fourth-order valence-electron chi connectivity index (χ4n) is 1.23. The van der Waals surface area contributed by atoms with Gasteiger partial charge in [-0.1, -0.05) is 18.5 Å². The molecule has 0 saturated heterocycles. The molecule has 0 aliphatic heterocycles. The van der Waals surface area contributed by atoms with Crippen LogP contribution < -0.4 is 5.73 Å². The lowest BCUT2D eigenvalue weighted by molar-refractivity contribution is 0.139. The van der Waals surface area contributed by atoms with Gasteiger partial charge < -0.3 is 10.8 Å². The Bertz CT molecular complexity index is 319. The minimum Gasteiger partial charge on any atom is -0.391 e. The van der Waals surface area contributed by atoms with E-state index in [4.69, 9.17) is 17.3 Å². The van der Waals surface area contributed by atoms with Crippen LogP contribution in [0.2, 0.25) is 5.02 Å². The second kappa shape index (κ2) is 4.73. The van der Waals surface area contributed by atoms with Crippen LogP contribution in [0.3, 0.4) is 0 Å². The molecule has 1 aromatic rings. The number of aliphatic hydroxyl groups excluding tert-OH is 1. The SMILES string of the molecule is CCC(O)C(N)c1cc(Cl)ccc1F. The first-order chi connectivity index (χ1) is 6.56.